The lowest BCUT2D eigenvalue weighted by Crippen LogP contribution is -2.66. The van der Waals surface area contributed by atoms with Crippen LogP contribution in [0.4, 0.5) is 132 Å². The monoisotopic (exact) mass is 810 g/mol. The van der Waals surface area contributed by atoms with Crippen LogP contribution in [-0.2, 0) is 14.2 Å². The second kappa shape index (κ2) is 12.4. The van der Waals surface area contributed by atoms with Crippen LogP contribution < -0.4 is 0 Å². The van der Waals surface area contributed by atoms with Gasteiger partial charge in [0.25, 0.3) is 0 Å². The first-order valence-corrected chi connectivity index (χ1v) is 9.89. The largest absolute Gasteiger partial charge is 0.462 e. The molecular weight excluding hydrogens is 810 g/mol. The number of alkyl halides is 26. The van der Waals surface area contributed by atoms with E-state index in [4.69, 9.17) is 0 Å². The first-order chi connectivity index (χ1) is 20.8. The van der Waals surface area contributed by atoms with Gasteiger partial charge in [0.1, 0.15) is 0 Å². The Labute approximate surface area is 243 Å². The van der Waals surface area contributed by atoms with Crippen molar-refractivity contribution in [2.45, 2.75) is 72.3 Å². The van der Waals surface area contributed by atoms with Gasteiger partial charge < -0.3 is 4.74 Å². The van der Waals surface area contributed by atoms with Crippen LogP contribution >= 0.6 is 0 Å². The lowest BCUT2D eigenvalue weighted by atomic mass is 10.1. The van der Waals surface area contributed by atoms with E-state index >= 15 is 0 Å². The first kappa shape index (κ1) is 46.1. The predicted molar refractivity (Wildman–Crippen MR) is 83.3 cm³/mol. The molecule has 0 rings (SSSR count). The van der Waals surface area contributed by atoms with Gasteiger partial charge in [-0.15, -0.1) is 0 Å². The molecule has 0 aromatic carbocycles. The Bertz CT molecular complexity index is 1160. The SMILES string of the molecule is FC(F)=C(OC(=C(F)F)C(F)(F)C(F)(OC(F)(F)C(F)(F)C(F)(F)F)C(F)(F)F)C(F)(F)C(F)(OC(F)(F)C(F)(F)C(F)(F)F)C(F)(F)F. The van der Waals surface area contributed by atoms with E-state index in [2.05, 4.69) is 0 Å². The van der Waals surface area contributed by atoms with E-state index in [0.717, 1.165) is 9.47 Å². The van der Waals surface area contributed by atoms with Crippen molar-refractivity contribution in [3.05, 3.63) is 23.7 Å². The summed E-state index contributed by atoms with van der Waals surface area (Å²) in [5.74, 6) is -63.1. The highest BCUT2D eigenvalue weighted by molar-refractivity contribution is 5.23. The summed E-state index contributed by atoms with van der Waals surface area (Å²) in [6.45, 7) is 0. The molecule has 0 radical (unpaired) electrons. The molecule has 49 heavy (non-hydrogen) atoms. The summed E-state index contributed by atoms with van der Waals surface area (Å²) in [6.07, 6.45) is -61.1. The van der Waals surface area contributed by atoms with Gasteiger partial charge in [-0.05, 0) is 0 Å². The minimum Gasteiger partial charge on any atom is -0.442 e. The standard InChI is InChI=1S/C16F30O3/c17-3(18)1(5(21,22)9(29,13(37,38)39)48-15(43,44)7(25,26)11(31,32)33)47-2(4(19)20)6(23,24)10(30,14(40,41)42)49-16(45,46)8(27,28)12(34,35)36. The van der Waals surface area contributed by atoms with Gasteiger partial charge in [0.05, 0.1) is 0 Å². The molecule has 292 valence electrons. The maximum Gasteiger partial charge on any atom is 0.462 e. The van der Waals surface area contributed by atoms with Crippen molar-refractivity contribution in [3.63, 3.8) is 0 Å². The van der Waals surface area contributed by atoms with E-state index in [9.17, 15) is 132 Å². The van der Waals surface area contributed by atoms with Gasteiger partial charge in [-0.2, -0.15) is 132 Å². The molecule has 0 aliphatic rings. The molecule has 0 aliphatic carbocycles. The van der Waals surface area contributed by atoms with Crippen molar-refractivity contribution in [1.82, 2.24) is 0 Å². The quantitative estimate of drug-likeness (QED) is 0.145. The molecular formula is C16F30O3. The highest BCUT2D eigenvalue weighted by Crippen LogP contribution is 2.60. The molecule has 0 heterocycles. The first-order valence-electron chi connectivity index (χ1n) is 9.89. The second-order valence-electron chi connectivity index (χ2n) is 8.00. The fourth-order valence-electron chi connectivity index (χ4n) is 2.25. The molecule has 33 heteroatoms. The molecule has 0 saturated carbocycles. The van der Waals surface area contributed by atoms with Crippen molar-refractivity contribution < 1.29 is 146 Å². The summed E-state index contributed by atoms with van der Waals surface area (Å²) in [4.78, 5) is 0. The van der Waals surface area contributed by atoms with Crippen LogP contribution in [0.2, 0.25) is 0 Å². The summed E-state index contributed by atoms with van der Waals surface area (Å²) in [5, 5.41) is 0. The van der Waals surface area contributed by atoms with E-state index in [-0.39, 0.29) is 0 Å². The van der Waals surface area contributed by atoms with Crippen LogP contribution in [0.25, 0.3) is 0 Å². The zero-order chi connectivity index (χ0) is 40.4. The number of rotatable bonds is 12. The van der Waals surface area contributed by atoms with E-state index in [1.165, 1.54) is 0 Å². The molecule has 3 nitrogen and oxygen atoms in total. The number of ether oxygens (including phenoxy) is 3. The van der Waals surface area contributed by atoms with E-state index in [0.29, 0.717) is 0 Å². The Kier molecular flexibility index (Phi) is 11.7. The fraction of sp³-hybridized carbons (Fsp3) is 0.750. The Hall–Kier alpha value is -2.90. The fourth-order valence-corrected chi connectivity index (χ4v) is 2.25. The molecule has 0 saturated heterocycles. The average molecular weight is 810 g/mol. The van der Waals surface area contributed by atoms with E-state index in [1.807, 2.05) is 0 Å². The van der Waals surface area contributed by atoms with Crippen LogP contribution in [0.3, 0.4) is 0 Å². The number of hydrogen-bond acceptors (Lipinski definition) is 3. The van der Waals surface area contributed by atoms with Crippen molar-refractivity contribution in [3.8, 4) is 0 Å². The molecule has 0 fully saturated rings. The van der Waals surface area contributed by atoms with Crippen LogP contribution in [0, 0.1) is 0 Å². The van der Waals surface area contributed by atoms with Crippen LogP contribution in [0.5, 0.6) is 0 Å². The van der Waals surface area contributed by atoms with Crippen molar-refractivity contribution in [1.29, 1.82) is 0 Å². The second-order valence-corrected chi connectivity index (χ2v) is 8.00. The van der Waals surface area contributed by atoms with Gasteiger partial charge in [0.15, 0.2) is 0 Å². The molecule has 0 spiro atoms. The summed E-state index contributed by atoms with van der Waals surface area (Å²) in [6, 6.07) is 0. The highest BCUT2D eigenvalue weighted by Gasteiger charge is 2.86. The van der Waals surface area contributed by atoms with Gasteiger partial charge in [-0.3, -0.25) is 9.47 Å². The topological polar surface area (TPSA) is 27.7 Å². The van der Waals surface area contributed by atoms with Gasteiger partial charge in [0.2, 0.25) is 11.5 Å². The third-order valence-electron chi connectivity index (χ3n) is 4.64. The molecule has 0 amide bonds. The van der Waals surface area contributed by atoms with Crippen LogP contribution in [-0.4, -0.2) is 72.3 Å². The minimum atomic E-state index is -8.81. The van der Waals surface area contributed by atoms with Gasteiger partial charge in [0, 0.05) is 0 Å². The molecule has 0 bridgehead atoms. The van der Waals surface area contributed by atoms with Crippen LogP contribution in [0.15, 0.2) is 23.7 Å². The van der Waals surface area contributed by atoms with Gasteiger partial charge in [-0.25, -0.2) is 0 Å². The van der Waals surface area contributed by atoms with E-state index in [1.54, 1.807) is 4.74 Å². The number of halogens is 30. The van der Waals surface area contributed by atoms with Crippen molar-refractivity contribution in [2.75, 3.05) is 0 Å². The Morgan fingerprint density at radius 3 is 0.653 bits per heavy atom. The molecule has 0 aromatic heterocycles. The van der Waals surface area contributed by atoms with Crippen molar-refractivity contribution in [2.24, 2.45) is 0 Å². The lowest BCUT2D eigenvalue weighted by Gasteiger charge is -2.40. The van der Waals surface area contributed by atoms with Crippen LogP contribution in [0.1, 0.15) is 0 Å². The summed E-state index contributed by atoms with van der Waals surface area (Å²) >= 11 is 0. The smallest absolute Gasteiger partial charge is 0.442 e. The maximum atomic E-state index is 14.3. The lowest BCUT2D eigenvalue weighted by molar-refractivity contribution is -0.508. The van der Waals surface area contributed by atoms with E-state index < -0.39 is 96.0 Å². The molecule has 0 N–H and O–H groups in total. The Balaban J connectivity index is 7.75. The molecule has 0 aromatic rings. The normalized spacial score (nSPS) is 17.7. The zero-order valence-corrected chi connectivity index (χ0v) is 20.6. The van der Waals surface area contributed by atoms with Gasteiger partial charge in [-0.1, -0.05) is 0 Å². The highest BCUT2D eigenvalue weighted by atomic mass is 19.4. The summed E-state index contributed by atoms with van der Waals surface area (Å²) < 4.78 is 396. The summed E-state index contributed by atoms with van der Waals surface area (Å²) in [5.41, 5.74) is 0. The predicted octanol–water partition coefficient (Wildman–Crippen LogP) is 10.6. The zero-order valence-electron chi connectivity index (χ0n) is 20.6. The average Bonchev–Trinajstić information content (AvgIpc) is 2.79. The molecule has 0 aliphatic heterocycles. The van der Waals surface area contributed by atoms with Crippen molar-refractivity contribution >= 4 is 0 Å². The molecule has 2 unspecified atom stereocenters. The third kappa shape index (κ3) is 7.58. The number of hydrogen-bond donors (Lipinski definition) is 0. The Morgan fingerprint density at radius 2 is 0.510 bits per heavy atom. The maximum absolute atomic E-state index is 14.3. The Morgan fingerprint density at radius 1 is 0.306 bits per heavy atom. The van der Waals surface area contributed by atoms with Gasteiger partial charge >= 0.3 is 84.5 Å². The summed E-state index contributed by atoms with van der Waals surface area (Å²) in [7, 11) is 0. The molecule has 2 atom stereocenters. The third-order valence-corrected chi connectivity index (χ3v) is 4.64. The minimum absolute atomic E-state index is 1.01.